The first-order valence-electron chi connectivity index (χ1n) is 2.77. The Morgan fingerprint density at radius 1 is 1.71 bits per heavy atom. The van der Waals surface area contributed by atoms with Crippen molar-refractivity contribution >= 4 is 12.6 Å². The van der Waals surface area contributed by atoms with Gasteiger partial charge in [-0.3, -0.25) is 0 Å². The molecule has 1 aliphatic rings. The molecule has 0 amide bonds. The van der Waals surface area contributed by atoms with Crippen molar-refractivity contribution in [3.05, 3.63) is 0 Å². The third-order valence-corrected chi connectivity index (χ3v) is 2.38. The molecule has 1 unspecified atom stereocenters. The second-order valence-electron chi connectivity index (χ2n) is 3.07. The molecule has 0 aromatic heterocycles. The SMILES string of the molecule is CC1(C)CC1CS. The lowest BCUT2D eigenvalue weighted by Crippen LogP contribution is -1.89. The zero-order valence-corrected chi connectivity index (χ0v) is 5.83. The lowest BCUT2D eigenvalue weighted by Gasteiger charge is -1.95. The molecule has 1 saturated carbocycles. The lowest BCUT2D eigenvalue weighted by molar-refractivity contribution is 0.590. The molecule has 1 heteroatoms. The Morgan fingerprint density at radius 2 is 2.14 bits per heavy atom. The number of hydrogen-bond donors (Lipinski definition) is 1. The molecule has 0 radical (unpaired) electrons. The molecule has 1 aliphatic carbocycles. The van der Waals surface area contributed by atoms with Crippen molar-refractivity contribution in [2.45, 2.75) is 20.3 Å². The van der Waals surface area contributed by atoms with Gasteiger partial charge in [0.2, 0.25) is 0 Å². The van der Waals surface area contributed by atoms with Gasteiger partial charge in [-0.15, -0.1) is 0 Å². The molecule has 0 aromatic carbocycles. The van der Waals surface area contributed by atoms with Crippen molar-refractivity contribution in [2.75, 3.05) is 5.75 Å². The number of thiol groups is 1. The molecule has 0 heterocycles. The fourth-order valence-corrected chi connectivity index (χ4v) is 1.51. The fraction of sp³-hybridized carbons (Fsp3) is 1.00. The Bertz CT molecular complexity index is 76.2. The highest BCUT2D eigenvalue weighted by Crippen LogP contribution is 2.51. The van der Waals surface area contributed by atoms with Crippen molar-refractivity contribution < 1.29 is 0 Å². The van der Waals surface area contributed by atoms with E-state index in [0.717, 1.165) is 11.7 Å². The molecule has 0 aromatic rings. The van der Waals surface area contributed by atoms with Gasteiger partial charge >= 0.3 is 0 Å². The van der Waals surface area contributed by atoms with E-state index in [-0.39, 0.29) is 0 Å². The van der Waals surface area contributed by atoms with Crippen LogP contribution >= 0.6 is 12.6 Å². The maximum atomic E-state index is 4.19. The Balaban J connectivity index is 2.30. The van der Waals surface area contributed by atoms with Gasteiger partial charge in [0.25, 0.3) is 0 Å². The summed E-state index contributed by atoms with van der Waals surface area (Å²) in [6, 6.07) is 0. The number of rotatable bonds is 1. The highest BCUT2D eigenvalue weighted by Gasteiger charge is 2.43. The van der Waals surface area contributed by atoms with Gasteiger partial charge in [-0.25, -0.2) is 0 Å². The summed E-state index contributed by atoms with van der Waals surface area (Å²) in [7, 11) is 0. The molecule has 1 fully saturated rings. The molecule has 7 heavy (non-hydrogen) atoms. The van der Waals surface area contributed by atoms with Crippen LogP contribution < -0.4 is 0 Å². The van der Waals surface area contributed by atoms with Crippen LogP contribution in [0.15, 0.2) is 0 Å². The van der Waals surface area contributed by atoms with Crippen molar-refractivity contribution in [3.63, 3.8) is 0 Å². The van der Waals surface area contributed by atoms with E-state index in [4.69, 9.17) is 0 Å². The Labute approximate surface area is 50.7 Å². The smallest absolute Gasteiger partial charge is 0.00642 e. The van der Waals surface area contributed by atoms with E-state index in [0.29, 0.717) is 5.41 Å². The molecule has 42 valence electrons. The average molecular weight is 116 g/mol. The van der Waals surface area contributed by atoms with Gasteiger partial charge in [0.15, 0.2) is 0 Å². The summed E-state index contributed by atoms with van der Waals surface area (Å²) in [5, 5.41) is 0. The van der Waals surface area contributed by atoms with Gasteiger partial charge in [-0.05, 0) is 23.5 Å². The highest BCUT2D eigenvalue weighted by molar-refractivity contribution is 7.80. The van der Waals surface area contributed by atoms with E-state index >= 15 is 0 Å². The van der Waals surface area contributed by atoms with Crippen LogP contribution in [0.25, 0.3) is 0 Å². The quantitative estimate of drug-likeness (QED) is 0.497. The van der Waals surface area contributed by atoms with E-state index in [9.17, 15) is 0 Å². The Hall–Kier alpha value is 0.350. The minimum absolute atomic E-state index is 0.641. The molecular weight excluding hydrogens is 104 g/mol. The van der Waals surface area contributed by atoms with Gasteiger partial charge in [0, 0.05) is 0 Å². The summed E-state index contributed by atoms with van der Waals surface area (Å²) in [5.74, 6) is 1.99. The maximum absolute atomic E-state index is 4.19. The standard InChI is InChI=1S/C6H12S/c1-6(2)3-5(6)4-7/h5,7H,3-4H2,1-2H3. The Morgan fingerprint density at radius 3 is 2.14 bits per heavy atom. The van der Waals surface area contributed by atoms with Crippen molar-refractivity contribution in [1.82, 2.24) is 0 Å². The van der Waals surface area contributed by atoms with Crippen LogP contribution in [0, 0.1) is 11.3 Å². The van der Waals surface area contributed by atoms with Crippen LogP contribution in [-0.4, -0.2) is 5.75 Å². The third kappa shape index (κ3) is 0.933. The first-order chi connectivity index (χ1) is 3.17. The summed E-state index contributed by atoms with van der Waals surface area (Å²) >= 11 is 4.19. The van der Waals surface area contributed by atoms with E-state index < -0.39 is 0 Å². The molecule has 1 rings (SSSR count). The zero-order chi connectivity index (χ0) is 5.49. The number of hydrogen-bond acceptors (Lipinski definition) is 1. The highest BCUT2D eigenvalue weighted by atomic mass is 32.1. The summed E-state index contributed by atoms with van der Waals surface area (Å²) in [4.78, 5) is 0. The van der Waals surface area contributed by atoms with Crippen LogP contribution in [0.4, 0.5) is 0 Å². The predicted octanol–water partition coefficient (Wildman–Crippen LogP) is 1.96. The summed E-state index contributed by atoms with van der Waals surface area (Å²) in [6.45, 7) is 4.60. The van der Waals surface area contributed by atoms with Gasteiger partial charge in [0.1, 0.15) is 0 Å². The molecule has 1 atom stereocenters. The minimum Gasteiger partial charge on any atom is -0.179 e. The summed E-state index contributed by atoms with van der Waals surface area (Å²) < 4.78 is 0. The summed E-state index contributed by atoms with van der Waals surface area (Å²) in [5.41, 5.74) is 0.641. The van der Waals surface area contributed by atoms with Crippen molar-refractivity contribution in [2.24, 2.45) is 11.3 Å². The maximum Gasteiger partial charge on any atom is -0.00642 e. The van der Waals surface area contributed by atoms with E-state index in [2.05, 4.69) is 26.5 Å². The van der Waals surface area contributed by atoms with E-state index in [1.54, 1.807) is 0 Å². The second-order valence-corrected chi connectivity index (χ2v) is 3.44. The molecule has 0 saturated heterocycles. The van der Waals surface area contributed by atoms with E-state index in [1.807, 2.05) is 0 Å². The van der Waals surface area contributed by atoms with Gasteiger partial charge in [-0.1, -0.05) is 13.8 Å². The first kappa shape index (κ1) is 5.49. The van der Waals surface area contributed by atoms with Crippen LogP contribution in [0.2, 0.25) is 0 Å². The van der Waals surface area contributed by atoms with Crippen LogP contribution in [0.5, 0.6) is 0 Å². The lowest BCUT2D eigenvalue weighted by atomic mass is 10.1. The monoisotopic (exact) mass is 116 g/mol. The third-order valence-electron chi connectivity index (χ3n) is 1.94. The largest absolute Gasteiger partial charge is 0.179 e. The second kappa shape index (κ2) is 1.41. The van der Waals surface area contributed by atoms with Gasteiger partial charge < -0.3 is 0 Å². The predicted molar refractivity (Wildman–Crippen MR) is 35.7 cm³/mol. The van der Waals surface area contributed by atoms with Gasteiger partial charge in [-0.2, -0.15) is 12.6 Å². The van der Waals surface area contributed by atoms with Gasteiger partial charge in [0.05, 0.1) is 0 Å². The zero-order valence-electron chi connectivity index (χ0n) is 4.94. The van der Waals surface area contributed by atoms with Crippen molar-refractivity contribution in [1.29, 1.82) is 0 Å². The first-order valence-corrected chi connectivity index (χ1v) is 3.41. The molecule has 0 N–H and O–H groups in total. The summed E-state index contributed by atoms with van der Waals surface area (Å²) in [6.07, 6.45) is 1.39. The normalized spacial score (nSPS) is 35.6. The topological polar surface area (TPSA) is 0 Å². The molecular formula is C6H12S. The van der Waals surface area contributed by atoms with Crippen molar-refractivity contribution in [3.8, 4) is 0 Å². The minimum atomic E-state index is 0.641. The molecule has 0 nitrogen and oxygen atoms in total. The Kier molecular flexibility index (Phi) is 1.11. The van der Waals surface area contributed by atoms with Crippen LogP contribution in [0.3, 0.4) is 0 Å². The molecule has 0 bridgehead atoms. The fourth-order valence-electron chi connectivity index (χ4n) is 0.888. The van der Waals surface area contributed by atoms with Crippen LogP contribution in [0.1, 0.15) is 20.3 Å². The average Bonchev–Trinajstić information content (AvgIpc) is 2.13. The van der Waals surface area contributed by atoms with E-state index in [1.165, 1.54) is 6.42 Å². The molecule has 0 spiro atoms. The van der Waals surface area contributed by atoms with Crippen LogP contribution in [-0.2, 0) is 0 Å². The molecule has 0 aliphatic heterocycles.